The van der Waals surface area contributed by atoms with Gasteiger partial charge in [-0.25, -0.2) is 9.97 Å². The molecular formula is C22H23IN4O. The van der Waals surface area contributed by atoms with E-state index in [4.69, 9.17) is 0 Å². The molecule has 0 unspecified atom stereocenters. The van der Waals surface area contributed by atoms with Crippen LogP contribution in [0.25, 0.3) is 11.0 Å². The van der Waals surface area contributed by atoms with Gasteiger partial charge in [-0.15, -0.1) is 0 Å². The van der Waals surface area contributed by atoms with E-state index in [-0.39, 0.29) is 11.9 Å². The zero-order chi connectivity index (χ0) is 19.7. The van der Waals surface area contributed by atoms with Gasteiger partial charge in [-0.1, -0.05) is 0 Å². The molecular weight excluding hydrogens is 463 g/mol. The average Bonchev–Trinajstić information content (AvgIpc) is 2.69. The predicted octanol–water partition coefficient (Wildman–Crippen LogP) is 5.30. The fourth-order valence-electron chi connectivity index (χ4n) is 3.70. The number of piperidine rings is 1. The highest BCUT2D eigenvalue weighted by atomic mass is 127. The molecule has 1 amide bonds. The van der Waals surface area contributed by atoms with E-state index in [2.05, 4.69) is 44.8 Å². The Morgan fingerprint density at radius 2 is 1.96 bits per heavy atom. The summed E-state index contributed by atoms with van der Waals surface area (Å²) in [7, 11) is 0. The van der Waals surface area contributed by atoms with Gasteiger partial charge in [0.25, 0.3) is 5.91 Å². The van der Waals surface area contributed by atoms with Crippen LogP contribution in [0.3, 0.4) is 0 Å². The van der Waals surface area contributed by atoms with E-state index in [1.54, 1.807) is 6.20 Å². The molecule has 2 aromatic heterocycles. The number of fused-ring (bicyclic) bond motifs is 1. The lowest BCUT2D eigenvalue weighted by Gasteiger charge is -2.34. The molecule has 1 aliphatic rings. The molecule has 28 heavy (non-hydrogen) atoms. The van der Waals surface area contributed by atoms with Gasteiger partial charge in [0, 0.05) is 39.1 Å². The first kappa shape index (κ1) is 19.1. The van der Waals surface area contributed by atoms with Crippen LogP contribution in [0.1, 0.15) is 42.2 Å². The van der Waals surface area contributed by atoms with Crippen LogP contribution >= 0.6 is 22.6 Å². The van der Waals surface area contributed by atoms with E-state index >= 15 is 0 Å². The minimum atomic E-state index is 0.0372. The molecule has 1 N–H and O–H groups in total. The number of anilines is 2. The van der Waals surface area contributed by atoms with Gasteiger partial charge >= 0.3 is 0 Å². The Balaban J connectivity index is 1.81. The van der Waals surface area contributed by atoms with E-state index in [0.29, 0.717) is 11.2 Å². The van der Waals surface area contributed by atoms with Crippen molar-refractivity contribution in [2.24, 2.45) is 0 Å². The van der Waals surface area contributed by atoms with Crippen LogP contribution in [0, 0.1) is 10.5 Å². The van der Waals surface area contributed by atoms with Crippen molar-refractivity contribution >= 4 is 50.9 Å². The summed E-state index contributed by atoms with van der Waals surface area (Å²) in [4.78, 5) is 24.4. The molecule has 6 heteroatoms. The summed E-state index contributed by atoms with van der Waals surface area (Å²) in [6.45, 7) is 4.87. The normalized spacial score (nSPS) is 17.0. The quantitative estimate of drug-likeness (QED) is 0.511. The number of nitrogens with zero attached hydrogens (tertiary/aromatic N) is 3. The van der Waals surface area contributed by atoms with Crippen LogP contribution in [0.2, 0.25) is 0 Å². The van der Waals surface area contributed by atoms with Gasteiger partial charge in [0.1, 0.15) is 0 Å². The first-order chi connectivity index (χ1) is 13.5. The predicted molar refractivity (Wildman–Crippen MR) is 121 cm³/mol. The van der Waals surface area contributed by atoms with Crippen molar-refractivity contribution in [2.75, 3.05) is 11.9 Å². The van der Waals surface area contributed by atoms with E-state index < -0.39 is 0 Å². The number of aryl methyl sites for hydroxylation is 1. The molecule has 1 atom stereocenters. The van der Waals surface area contributed by atoms with Crippen molar-refractivity contribution < 1.29 is 4.79 Å². The molecule has 3 heterocycles. The summed E-state index contributed by atoms with van der Waals surface area (Å²) in [5.41, 5.74) is 3.88. The van der Waals surface area contributed by atoms with E-state index in [1.165, 1.54) is 9.99 Å². The largest absolute Gasteiger partial charge is 0.354 e. The number of halogens is 1. The van der Waals surface area contributed by atoms with Crippen molar-refractivity contribution in [1.29, 1.82) is 0 Å². The molecule has 5 nitrogen and oxygen atoms in total. The van der Waals surface area contributed by atoms with Gasteiger partial charge in [0.2, 0.25) is 0 Å². The van der Waals surface area contributed by atoms with Crippen LogP contribution in [-0.4, -0.2) is 33.4 Å². The number of benzene rings is 1. The van der Waals surface area contributed by atoms with Gasteiger partial charge in [-0.3, -0.25) is 4.79 Å². The molecule has 0 saturated carbocycles. The van der Waals surface area contributed by atoms with Crippen molar-refractivity contribution in [1.82, 2.24) is 14.9 Å². The minimum Gasteiger partial charge on any atom is -0.354 e. The first-order valence-corrected chi connectivity index (χ1v) is 10.7. The number of hydrogen-bond donors (Lipinski definition) is 1. The summed E-state index contributed by atoms with van der Waals surface area (Å²) in [5.74, 6) is 0.0372. The van der Waals surface area contributed by atoms with Crippen LogP contribution in [-0.2, 0) is 0 Å². The fraction of sp³-hybridized carbons (Fsp3) is 0.318. The third kappa shape index (κ3) is 3.83. The highest BCUT2D eigenvalue weighted by Gasteiger charge is 2.27. The maximum atomic E-state index is 13.4. The Labute approximate surface area is 178 Å². The second-order valence-electron chi connectivity index (χ2n) is 7.35. The number of nitrogens with one attached hydrogen (secondary N) is 1. The van der Waals surface area contributed by atoms with Gasteiger partial charge in [-0.2, -0.15) is 0 Å². The Kier molecular flexibility index (Phi) is 5.48. The number of carbonyl (C=O) groups is 1. The summed E-state index contributed by atoms with van der Waals surface area (Å²) in [5, 5.41) is 4.33. The standard InChI is InChI=1S/C22H23IN4O/c1-14-6-11-18-20(26-17-9-7-16(23)8-10-17)19(13-24-21(18)25-14)22(28)27-12-4-3-5-15(27)2/h6-11,13,15H,3-5,12H2,1-2H3,(H,24,25,26)/t15-/m0/s1. The average molecular weight is 486 g/mol. The first-order valence-electron chi connectivity index (χ1n) is 9.63. The molecule has 1 saturated heterocycles. The second-order valence-corrected chi connectivity index (χ2v) is 8.59. The topological polar surface area (TPSA) is 58.1 Å². The Morgan fingerprint density at radius 3 is 2.71 bits per heavy atom. The van der Waals surface area contributed by atoms with E-state index in [1.807, 2.05) is 48.2 Å². The maximum absolute atomic E-state index is 13.4. The molecule has 0 bridgehead atoms. The lowest BCUT2D eigenvalue weighted by atomic mass is 10.0. The van der Waals surface area contributed by atoms with Crippen molar-refractivity contribution in [3.05, 3.63) is 57.4 Å². The lowest BCUT2D eigenvalue weighted by Crippen LogP contribution is -2.42. The van der Waals surface area contributed by atoms with Crippen LogP contribution in [0.4, 0.5) is 11.4 Å². The molecule has 0 spiro atoms. The lowest BCUT2D eigenvalue weighted by molar-refractivity contribution is 0.0636. The molecule has 1 aliphatic heterocycles. The smallest absolute Gasteiger partial charge is 0.257 e. The number of hydrogen-bond acceptors (Lipinski definition) is 4. The Bertz CT molecular complexity index is 1020. The summed E-state index contributed by atoms with van der Waals surface area (Å²) in [6, 6.07) is 12.3. The zero-order valence-electron chi connectivity index (χ0n) is 16.1. The molecule has 0 aliphatic carbocycles. The monoisotopic (exact) mass is 486 g/mol. The molecule has 4 rings (SSSR count). The number of carbonyl (C=O) groups excluding carboxylic acids is 1. The fourth-order valence-corrected chi connectivity index (χ4v) is 4.06. The molecule has 1 fully saturated rings. The third-order valence-electron chi connectivity index (χ3n) is 5.28. The summed E-state index contributed by atoms with van der Waals surface area (Å²) in [6.07, 6.45) is 4.95. The molecule has 0 radical (unpaired) electrons. The number of aromatic nitrogens is 2. The number of rotatable bonds is 3. The molecule has 144 valence electrons. The minimum absolute atomic E-state index is 0.0372. The van der Waals surface area contributed by atoms with Gasteiger partial charge in [0.05, 0.1) is 11.3 Å². The summed E-state index contributed by atoms with van der Waals surface area (Å²) >= 11 is 2.29. The highest BCUT2D eigenvalue weighted by Crippen LogP contribution is 2.31. The number of likely N-dealkylation sites (tertiary alicyclic amines) is 1. The van der Waals surface area contributed by atoms with Gasteiger partial charge in [0.15, 0.2) is 5.65 Å². The van der Waals surface area contributed by atoms with Gasteiger partial charge in [-0.05, 0) is 92.1 Å². The highest BCUT2D eigenvalue weighted by molar-refractivity contribution is 14.1. The van der Waals surface area contributed by atoms with Crippen LogP contribution < -0.4 is 5.32 Å². The Morgan fingerprint density at radius 1 is 1.18 bits per heavy atom. The van der Waals surface area contributed by atoms with Crippen LogP contribution in [0.15, 0.2) is 42.6 Å². The van der Waals surface area contributed by atoms with E-state index in [9.17, 15) is 4.79 Å². The van der Waals surface area contributed by atoms with E-state index in [0.717, 1.165) is 41.8 Å². The number of pyridine rings is 2. The maximum Gasteiger partial charge on any atom is 0.257 e. The molecule has 3 aromatic rings. The summed E-state index contributed by atoms with van der Waals surface area (Å²) < 4.78 is 1.17. The van der Waals surface area contributed by atoms with Gasteiger partial charge < -0.3 is 10.2 Å². The Hall–Kier alpha value is -2.22. The SMILES string of the molecule is Cc1ccc2c(Nc3ccc(I)cc3)c(C(=O)N3CCCC[C@@H]3C)cnc2n1. The second kappa shape index (κ2) is 8.03. The van der Waals surface area contributed by atoms with Crippen LogP contribution in [0.5, 0.6) is 0 Å². The molecule has 1 aromatic carbocycles. The third-order valence-corrected chi connectivity index (χ3v) is 6.00. The van der Waals surface area contributed by atoms with Crippen molar-refractivity contribution in [3.63, 3.8) is 0 Å². The number of amides is 1. The van der Waals surface area contributed by atoms with Crippen molar-refractivity contribution in [2.45, 2.75) is 39.2 Å². The zero-order valence-corrected chi connectivity index (χ0v) is 18.2. The van der Waals surface area contributed by atoms with Crippen molar-refractivity contribution in [3.8, 4) is 0 Å².